The van der Waals surface area contributed by atoms with Gasteiger partial charge in [0.2, 0.25) is 17.7 Å². The summed E-state index contributed by atoms with van der Waals surface area (Å²) < 4.78 is 0. The SMILES string of the molecule is CC(C)CC(NC(=O)C(N)CO)C(=O)NC(CCCCN)C(=O)NC(C(=O)O)C(C)O. The van der Waals surface area contributed by atoms with Gasteiger partial charge in [-0.15, -0.1) is 0 Å². The van der Waals surface area contributed by atoms with Crippen LogP contribution in [-0.2, 0) is 19.2 Å². The van der Waals surface area contributed by atoms with Gasteiger partial charge >= 0.3 is 5.97 Å². The van der Waals surface area contributed by atoms with Crippen molar-refractivity contribution in [2.75, 3.05) is 13.2 Å². The third-order valence-corrected chi connectivity index (χ3v) is 4.50. The van der Waals surface area contributed by atoms with E-state index in [-0.39, 0.29) is 18.8 Å². The second-order valence-electron chi connectivity index (χ2n) is 7.89. The van der Waals surface area contributed by atoms with Crippen molar-refractivity contribution < 1.29 is 34.5 Å². The molecule has 0 saturated heterocycles. The highest BCUT2D eigenvalue weighted by Crippen LogP contribution is 2.08. The van der Waals surface area contributed by atoms with E-state index < -0.39 is 60.6 Å². The first-order valence-electron chi connectivity index (χ1n) is 10.3. The van der Waals surface area contributed by atoms with Gasteiger partial charge in [0.1, 0.15) is 18.1 Å². The monoisotopic (exact) mass is 447 g/mol. The Kier molecular flexibility index (Phi) is 13.6. The number of nitrogens with two attached hydrogens (primary N) is 2. The van der Waals surface area contributed by atoms with Gasteiger partial charge in [-0.3, -0.25) is 14.4 Å². The Hall–Kier alpha value is -2.28. The molecule has 0 aromatic heterocycles. The number of hydrogen-bond donors (Lipinski definition) is 8. The number of amides is 3. The number of nitrogens with one attached hydrogen (secondary N) is 3. The number of rotatable bonds is 15. The van der Waals surface area contributed by atoms with E-state index in [9.17, 15) is 29.4 Å². The first kappa shape index (κ1) is 28.7. The minimum absolute atomic E-state index is 0.0116. The molecule has 31 heavy (non-hydrogen) atoms. The van der Waals surface area contributed by atoms with Crippen LogP contribution in [0, 0.1) is 5.92 Å². The number of hydrogen-bond acceptors (Lipinski definition) is 8. The van der Waals surface area contributed by atoms with Crippen LogP contribution in [0.2, 0.25) is 0 Å². The summed E-state index contributed by atoms with van der Waals surface area (Å²) in [4.78, 5) is 48.8. The Morgan fingerprint density at radius 3 is 1.90 bits per heavy atom. The lowest BCUT2D eigenvalue weighted by Crippen LogP contribution is -2.58. The molecule has 0 bridgehead atoms. The highest BCUT2D eigenvalue weighted by atomic mass is 16.4. The van der Waals surface area contributed by atoms with Gasteiger partial charge in [0.25, 0.3) is 0 Å². The maximum Gasteiger partial charge on any atom is 0.328 e. The molecule has 12 nitrogen and oxygen atoms in total. The lowest BCUT2D eigenvalue weighted by atomic mass is 10.0. The number of aliphatic hydroxyl groups excluding tert-OH is 2. The van der Waals surface area contributed by atoms with Crippen molar-refractivity contribution in [2.45, 2.75) is 76.7 Å². The van der Waals surface area contributed by atoms with Crippen LogP contribution in [0.3, 0.4) is 0 Å². The molecule has 0 saturated carbocycles. The standard InChI is InChI=1S/C19H37N5O7/c1-10(2)8-14(23-16(27)12(21)9-25)18(29)22-13(6-4-5-7-20)17(28)24-15(11(3)26)19(30)31/h10-15,25-26H,4-9,20-21H2,1-3H3,(H,22,29)(H,23,27)(H,24,28)(H,30,31). The summed E-state index contributed by atoms with van der Waals surface area (Å²) in [6.07, 6.45) is 0.140. The second-order valence-corrected chi connectivity index (χ2v) is 7.89. The van der Waals surface area contributed by atoms with Crippen LogP contribution in [0.4, 0.5) is 0 Å². The van der Waals surface area contributed by atoms with Crippen molar-refractivity contribution >= 4 is 23.7 Å². The normalized spacial score (nSPS) is 16.0. The van der Waals surface area contributed by atoms with Crippen LogP contribution in [-0.4, -0.2) is 82.4 Å². The van der Waals surface area contributed by atoms with Crippen molar-refractivity contribution in [1.82, 2.24) is 16.0 Å². The van der Waals surface area contributed by atoms with Crippen molar-refractivity contribution in [3.05, 3.63) is 0 Å². The van der Waals surface area contributed by atoms with Crippen LogP contribution in [0.5, 0.6) is 0 Å². The van der Waals surface area contributed by atoms with Gasteiger partial charge in [-0.05, 0) is 45.1 Å². The molecule has 10 N–H and O–H groups in total. The van der Waals surface area contributed by atoms with Gasteiger partial charge in [0.05, 0.1) is 12.7 Å². The molecule has 0 spiro atoms. The summed E-state index contributed by atoms with van der Waals surface area (Å²) in [6, 6.07) is -4.86. The van der Waals surface area contributed by atoms with Crippen molar-refractivity contribution in [3.63, 3.8) is 0 Å². The number of aliphatic hydroxyl groups is 2. The zero-order valence-electron chi connectivity index (χ0n) is 18.3. The van der Waals surface area contributed by atoms with Gasteiger partial charge in [-0.25, -0.2) is 4.79 Å². The Bertz CT molecular complexity index is 600. The summed E-state index contributed by atoms with van der Waals surface area (Å²) in [7, 11) is 0. The maximum atomic E-state index is 12.8. The van der Waals surface area contributed by atoms with E-state index in [2.05, 4.69) is 16.0 Å². The fraction of sp³-hybridized carbons (Fsp3) is 0.789. The number of carbonyl (C=O) groups is 4. The molecule has 0 fully saturated rings. The van der Waals surface area contributed by atoms with E-state index >= 15 is 0 Å². The van der Waals surface area contributed by atoms with Crippen LogP contribution in [0.15, 0.2) is 0 Å². The van der Waals surface area contributed by atoms with Crippen molar-refractivity contribution in [3.8, 4) is 0 Å². The summed E-state index contributed by atoms with van der Waals surface area (Å²) in [5.74, 6) is -3.55. The number of carboxylic acid groups (broad SMARTS) is 1. The third-order valence-electron chi connectivity index (χ3n) is 4.50. The molecule has 3 amide bonds. The molecule has 0 aromatic rings. The average Bonchev–Trinajstić information content (AvgIpc) is 2.68. The van der Waals surface area contributed by atoms with Crippen molar-refractivity contribution in [2.24, 2.45) is 17.4 Å². The zero-order valence-corrected chi connectivity index (χ0v) is 18.3. The Balaban J connectivity index is 5.45. The molecule has 0 rings (SSSR count). The summed E-state index contributed by atoms with van der Waals surface area (Å²) in [6.45, 7) is 4.67. The average molecular weight is 448 g/mol. The van der Waals surface area contributed by atoms with Gasteiger partial charge in [0, 0.05) is 0 Å². The summed E-state index contributed by atoms with van der Waals surface area (Å²) in [5, 5.41) is 35.0. The van der Waals surface area contributed by atoms with Gasteiger partial charge in [-0.2, -0.15) is 0 Å². The van der Waals surface area contributed by atoms with E-state index in [1.165, 1.54) is 6.92 Å². The molecule has 5 atom stereocenters. The fourth-order valence-electron chi connectivity index (χ4n) is 2.74. The smallest absolute Gasteiger partial charge is 0.328 e. The number of unbranched alkanes of at least 4 members (excludes halogenated alkanes) is 1. The van der Waals surface area contributed by atoms with E-state index in [0.29, 0.717) is 19.4 Å². The fourth-order valence-corrected chi connectivity index (χ4v) is 2.74. The minimum atomic E-state index is -1.55. The number of carboxylic acids is 1. The Labute approximate surface area is 182 Å². The van der Waals surface area contributed by atoms with Gasteiger partial charge in [-0.1, -0.05) is 13.8 Å². The highest BCUT2D eigenvalue weighted by Gasteiger charge is 2.31. The molecule has 5 unspecified atom stereocenters. The first-order chi connectivity index (χ1) is 14.4. The molecule has 0 heterocycles. The molecule has 180 valence electrons. The molecular weight excluding hydrogens is 410 g/mol. The molecule has 0 aliphatic heterocycles. The van der Waals surface area contributed by atoms with Crippen LogP contribution in [0.25, 0.3) is 0 Å². The van der Waals surface area contributed by atoms with Crippen LogP contribution in [0.1, 0.15) is 46.5 Å². The lowest BCUT2D eigenvalue weighted by molar-refractivity contribution is -0.145. The molecule has 0 aromatic carbocycles. The van der Waals surface area contributed by atoms with E-state index in [1.807, 2.05) is 13.8 Å². The topological polar surface area (TPSA) is 217 Å². The molecule has 0 aliphatic rings. The van der Waals surface area contributed by atoms with E-state index in [1.54, 1.807) is 0 Å². The Morgan fingerprint density at radius 1 is 0.903 bits per heavy atom. The minimum Gasteiger partial charge on any atom is -0.480 e. The largest absolute Gasteiger partial charge is 0.480 e. The number of carbonyl (C=O) groups excluding carboxylic acids is 3. The van der Waals surface area contributed by atoms with E-state index in [0.717, 1.165) is 0 Å². The molecule has 12 heteroatoms. The molecular formula is C19H37N5O7. The van der Waals surface area contributed by atoms with Gasteiger partial charge in [0.15, 0.2) is 6.04 Å². The predicted molar refractivity (Wildman–Crippen MR) is 113 cm³/mol. The zero-order chi connectivity index (χ0) is 24.1. The summed E-state index contributed by atoms with van der Waals surface area (Å²) in [5.41, 5.74) is 11.0. The third kappa shape index (κ3) is 11.1. The second kappa shape index (κ2) is 14.7. The van der Waals surface area contributed by atoms with Crippen LogP contribution < -0.4 is 27.4 Å². The quantitative estimate of drug-likeness (QED) is 0.123. The molecule has 0 aliphatic carbocycles. The van der Waals surface area contributed by atoms with Crippen molar-refractivity contribution in [1.29, 1.82) is 0 Å². The van der Waals surface area contributed by atoms with E-state index in [4.69, 9.17) is 16.6 Å². The summed E-state index contributed by atoms with van der Waals surface area (Å²) >= 11 is 0. The molecule has 0 radical (unpaired) electrons. The Morgan fingerprint density at radius 2 is 1.45 bits per heavy atom. The first-order valence-corrected chi connectivity index (χ1v) is 10.3. The highest BCUT2D eigenvalue weighted by molar-refractivity contribution is 5.94. The number of aliphatic carboxylic acids is 1. The predicted octanol–water partition coefficient (Wildman–Crippen LogP) is -2.60. The maximum absolute atomic E-state index is 12.8. The van der Waals surface area contributed by atoms with Crippen LogP contribution >= 0.6 is 0 Å². The van der Waals surface area contributed by atoms with Gasteiger partial charge < -0.3 is 42.7 Å². The lowest BCUT2D eigenvalue weighted by Gasteiger charge is -2.26.